The predicted octanol–water partition coefficient (Wildman–Crippen LogP) is 11.9. The Morgan fingerprint density at radius 2 is 0.902 bits per heavy atom. The second kappa shape index (κ2) is 11.9. The van der Waals surface area contributed by atoms with Gasteiger partial charge in [-0.15, -0.1) is 0 Å². The summed E-state index contributed by atoms with van der Waals surface area (Å²) in [7, 11) is 0. The van der Waals surface area contributed by atoms with Gasteiger partial charge in [-0.05, 0) is 63.7 Å². The minimum absolute atomic E-state index is 0.639. The van der Waals surface area contributed by atoms with Gasteiger partial charge in [-0.3, -0.25) is 0 Å². The molecule has 238 valence electrons. The number of aromatic nitrogens is 4. The van der Waals surface area contributed by atoms with Crippen LogP contribution in [-0.2, 0) is 0 Å². The molecule has 2 heterocycles. The lowest BCUT2D eigenvalue weighted by atomic mass is 9.96. The third kappa shape index (κ3) is 4.96. The first-order valence-electron chi connectivity index (χ1n) is 17.2. The number of rotatable bonds is 5. The summed E-state index contributed by atoms with van der Waals surface area (Å²) in [6.45, 7) is 0. The normalized spacial score (nSPS) is 11.5. The Morgan fingerprint density at radius 3 is 1.59 bits per heavy atom. The summed E-state index contributed by atoms with van der Waals surface area (Å²) in [5.41, 5.74) is 8.70. The van der Waals surface area contributed by atoms with Crippen LogP contribution in [-0.4, -0.2) is 19.5 Å². The first-order chi connectivity index (χ1) is 25.3. The fraction of sp³-hybridized carbons (Fsp3) is 0. The summed E-state index contributed by atoms with van der Waals surface area (Å²) in [5, 5.41) is 7.39. The van der Waals surface area contributed by atoms with Crippen molar-refractivity contribution in [2.24, 2.45) is 0 Å². The van der Waals surface area contributed by atoms with Crippen LogP contribution in [0.3, 0.4) is 0 Å². The summed E-state index contributed by atoms with van der Waals surface area (Å²) in [6, 6.07) is 64.1. The van der Waals surface area contributed by atoms with Crippen LogP contribution in [0.5, 0.6) is 0 Å². The van der Waals surface area contributed by atoms with Crippen molar-refractivity contribution in [3.05, 3.63) is 182 Å². The van der Waals surface area contributed by atoms with Crippen molar-refractivity contribution in [1.82, 2.24) is 19.5 Å². The Bertz CT molecular complexity index is 2830. The molecule has 0 aliphatic heterocycles. The van der Waals surface area contributed by atoms with Crippen LogP contribution < -0.4 is 0 Å². The molecule has 0 fully saturated rings. The van der Waals surface area contributed by atoms with Crippen molar-refractivity contribution in [2.45, 2.75) is 0 Å². The van der Waals surface area contributed by atoms with Gasteiger partial charge in [0, 0.05) is 38.5 Å². The van der Waals surface area contributed by atoms with E-state index in [1.54, 1.807) is 0 Å². The Morgan fingerprint density at radius 1 is 0.353 bits per heavy atom. The summed E-state index contributed by atoms with van der Waals surface area (Å²) in [6.07, 6.45) is 0. The zero-order chi connectivity index (χ0) is 33.7. The molecule has 8 aromatic carbocycles. The van der Waals surface area contributed by atoms with E-state index < -0.39 is 0 Å². The zero-order valence-corrected chi connectivity index (χ0v) is 27.6. The van der Waals surface area contributed by atoms with Crippen LogP contribution in [0.1, 0.15) is 0 Å². The van der Waals surface area contributed by atoms with E-state index in [0.29, 0.717) is 17.5 Å². The van der Waals surface area contributed by atoms with Gasteiger partial charge >= 0.3 is 0 Å². The molecule has 0 saturated heterocycles. The Balaban J connectivity index is 1.17. The molecule has 10 aromatic rings. The minimum Gasteiger partial charge on any atom is -0.309 e. The highest BCUT2D eigenvalue weighted by Gasteiger charge is 2.19. The van der Waals surface area contributed by atoms with Gasteiger partial charge in [0.2, 0.25) is 0 Å². The van der Waals surface area contributed by atoms with Crippen LogP contribution in [0.4, 0.5) is 0 Å². The average molecular weight is 651 g/mol. The molecular formula is C47H30N4. The monoisotopic (exact) mass is 650 g/mol. The van der Waals surface area contributed by atoms with E-state index in [1.807, 2.05) is 60.7 Å². The highest BCUT2D eigenvalue weighted by molar-refractivity contribution is 6.22. The van der Waals surface area contributed by atoms with Gasteiger partial charge in [0.25, 0.3) is 0 Å². The predicted molar refractivity (Wildman–Crippen MR) is 211 cm³/mol. The molecule has 0 bridgehead atoms. The molecule has 10 rings (SSSR count). The maximum Gasteiger partial charge on any atom is 0.164 e. The summed E-state index contributed by atoms with van der Waals surface area (Å²) >= 11 is 0. The lowest BCUT2D eigenvalue weighted by Gasteiger charge is -2.12. The topological polar surface area (TPSA) is 43.6 Å². The van der Waals surface area contributed by atoms with E-state index in [4.69, 9.17) is 15.0 Å². The summed E-state index contributed by atoms with van der Waals surface area (Å²) in [4.78, 5) is 14.8. The van der Waals surface area contributed by atoms with Crippen molar-refractivity contribution >= 4 is 43.4 Å². The second-order valence-corrected chi connectivity index (χ2v) is 12.9. The number of fused-ring (bicyclic) bond motifs is 6. The van der Waals surface area contributed by atoms with Gasteiger partial charge in [-0.25, -0.2) is 15.0 Å². The van der Waals surface area contributed by atoms with Crippen LogP contribution in [0.25, 0.3) is 94.3 Å². The fourth-order valence-electron chi connectivity index (χ4n) is 7.39. The highest BCUT2D eigenvalue weighted by atomic mass is 15.0. The van der Waals surface area contributed by atoms with Gasteiger partial charge in [0.15, 0.2) is 17.5 Å². The van der Waals surface area contributed by atoms with E-state index in [2.05, 4.69) is 126 Å². The maximum absolute atomic E-state index is 4.97. The van der Waals surface area contributed by atoms with Crippen LogP contribution in [0, 0.1) is 0 Å². The molecule has 0 aliphatic rings. The molecule has 0 radical (unpaired) electrons. The van der Waals surface area contributed by atoms with Crippen molar-refractivity contribution < 1.29 is 0 Å². The molecule has 4 heteroatoms. The second-order valence-electron chi connectivity index (χ2n) is 12.9. The molecule has 0 saturated carbocycles. The molecule has 51 heavy (non-hydrogen) atoms. The molecule has 0 unspecified atom stereocenters. The standard InChI is InChI=1S/C47H30N4/c1-3-14-33(15-4-1)45-48-46(34-16-5-2-6-17-34)50-47(49-45)35-24-27-38(28-25-35)51-42-21-11-20-39(37-23-22-31-12-7-8-18-36(31)30-37)43(42)41-29-26-32-13-9-10-19-40(32)44(41)51/h1-30H. The first-order valence-corrected chi connectivity index (χ1v) is 17.2. The molecule has 4 nitrogen and oxygen atoms in total. The molecular weight excluding hydrogens is 621 g/mol. The van der Waals surface area contributed by atoms with E-state index in [1.165, 1.54) is 49.0 Å². The molecule has 0 spiro atoms. The van der Waals surface area contributed by atoms with Crippen molar-refractivity contribution in [3.8, 4) is 51.0 Å². The average Bonchev–Trinajstić information content (AvgIpc) is 3.56. The Kier molecular flexibility index (Phi) is 6.78. The minimum atomic E-state index is 0.639. The van der Waals surface area contributed by atoms with Crippen LogP contribution in [0.2, 0.25) is 0 Å². The number of hydrogen-bond donors (Lipinski definition) is 0. The molecule has 0 N–H and O–H groups in total. The van der Waals surface area contributed by atoms with Crippen molar-refractivity contribution in [2.75, 3.05) is 0 Å². The van der Waals surface area contributed by atoms with Crippen LogP contribution >= 0.6 is 0 Å². The third-order valence-corrected chi connectivity index (χ3v) is 9.82. The van der Waals surface area contributed by atoms with Gasteiger partial charge in [0.1, 0.15) is 0 Å². The number of nitrogens with zero attached hydrogens (tertiary/aromatic N) is 4. The smallest absolute Gasteiger partial charge is 0.164 e. The lowest BCUT2D eigenvalue weighted by Crippen LogP contribution is -2.00. The number of benzene rings is 8. The molecule has 0 amide bonds. The van der Waals surface area contributed by atoms with Gasteiger partial charge in [0.05, 0.1) is 11.0 Å². The van der Waals surface area contributed by atoms with E-state index in [0.717, 1.165) is 27.9 Å². The zero-order valence-electron chi connectivity index (χ0n) is 27.6. The lowest BCUT2D eigenvalue weighted by molar-refractivity contribution is 1.07. The van der Waals surface area contributed by atoms with Crippen molar-refractivity contribution in [1.29, 1.82) is 0 Å². The summed E-state index contributed by atoms with van der Waals surface area (Å²) in [5.74, 6) is 1.94. The van der Waals surface area contributed by atoms with E-state index in [-0.39, 0.29) is 0 Å². The van der Waals surface area contributed by atoms with Crippen LogP contribution in [0.15, 0.2) is 182 Å². The van der Waals surface area contributed by atoms with Gasteiger partial charge < -0.3 is 4.57 Å². The fourth-order valence-corrected chi connectivity index (χ4v) is 7.39. The maximum atomic E-state index is 4.97. The van der Waals surface area contributed by atoms with E-state index in [9.17, 15) is 0 Å². The van der Waals surface area contributed by atoms with E-state index >= 15 is 0 Å². The molecule has 0 atom stereocenters. The Hall–Kier alpha value is -6.91. The SMILES string of the molecule is c1ccc(-c2nc(-c3ccccc3)nc(-c3ccc(-n4c5cccc(-c6ccc7ccccc7c6)c5c5ccc6ccccc6c54)cc3)n2)cc1. The largest absolute Gasteiger partial charge is 0.309 e. The Labute approximate surface area is 295 Å². The first kappa shape index (κ1) is 29.0. The molecule has 0 aliphatic carbocycles. The highest BCUT2D eigenvalue weighted by Crippen LogP contribution is 2.42. The van der Waals surface area contributed by atoms with Gasteiger partial charge in [-0.1, -0.05) is 146 Å². The summed E-state index contributed by atoms with van der Waals surface area (Å²) < 4.78 is 2.42. The third-order valence-electron chi connectivity index (χ3n) is 9.82. The van der Waals surface area contributed by atoms with Gasteiger partial charge in [-0.2, -0.15) is 0 Å². The number of hydrogen-bond acceptors (Lipinski definition) is 3. The van der Waals surface area contributed by atoms with Crippen molar-refractivity contribution in [3.63, 3.8) is 0 Å². The quantitative estimate of drug-likeness (QED) is 0.186. The molecule has 2 aromatic heterocycles.